The van der Waals surface area contributed by atoms with Crippen LogP contribution in [0.5, 0.6) is 0 Å². The fourth-order valence-electron chi connectivity index (χ4n) is 3.98. The first-order valence-corrected chi connectivity index (χ1v) is 9.74. The molecule has 0 amide bonds. The molecule has 1 aliphatic carbocycles. The summed E-state index contributed by atoms with van der Waals surface area (Å²) >= 11 is 0. The van der Waals surface area contributed by atoms with E-state index in [1.54, 1.807) is 6.07 Å². The molecule has 0 N–H and O–H groups in total. The van der Waals surface area contributed by atoms with E-state index in [0.717, 1.165) is 30.4 Å². The van der Waals surface area contributed by atoms with Gasteiger partial charge in [0, 0.05) is 0 Å². The average molecular weight is 336 g/mol. The minimum absolute atomic E-state index is 0.0553. The summed E-state index contributed by atoms with van der Waals surface area (Å²) in [6.45, 7) is 4.21. The molecule has 2 aromatic carbocycles. The molecule has 0 aliphatic heterocycles. The van der Waals surface area contributed by atoms with Crippen molar-refractivity contribution < 1.29 is 4.39 Å². The monoisotopic (exact) mass is 336 g/mol. The highest BCUT2D eigenvalue weighted by atomic mass is 19.1. The van der Waals surface area contributed by atoms with Gasteiger partial charge in [0.1, 0.15) is 5.82 Å². The first kappa shape index (κ1) is 17.9. The molecule has 0 radical (unpaired) electrons. The van der Waals surface area contributed by atoms with Crippen molar-refractivity contribution in [2.75, 3.05) is 0 Å². The molecule has 1 unspecified atom stereocenters. The number of halogens is 1. The number of allylic oxidation sites excluding steroid dienone is 1. The molecule has 0 nitrogen and oxygen atoms in total. The number of unbranched alkanes of at least 4 members (excludes halogenated alkanes) is 2. The van der Waals surface area contributed by atoms with Gasteiger partial charge >= 0.3 is 0 Å². The molecule has 0 fully saturated rings. The highest BCUT2D eigenvalue weighted by Crippen LogP contribution is 2.34. The maximum Gasteiger partial charge on any atom is 0.127 e. The average Bonchev–Trinajstić information content (AvgIpc) is 2.62. The number of rotatable bonds is 6. The van der Waals surface area contributed by atoms with E-state index in [2.05, 4.69) is 25.1 Å². The molecule has 3 rings (SSSR count). The van der Waals surface area contributed by atoms with E-state index in [1.165, 1.54) is 42.4 Å². The lowest BCUT2D eigenvalue weighted by Gasteiger charge is -2.26. The topological polar surface area (TPSA) is 0 Å². The van der Waals surface area contributed by atoms with Crippen molar-refractivity contribution >= 4 is 6.08 Å². The lowest BCUT2D eigenvalue weighted by Crippen LogP contribution is -2.14. The highest BCUT2D eigenvalue weighted by molar-refractivity contribution is 5.50. The largest absolute Gasteiger partial charge is 0.207 e. The Bertz CT molecular complexity index is 742. The third kappa shape index (κ3) is 4.39. The van der Waals surface area contributed by atoms with Crippen LogP contribution in [0.15, 0.2) is 42.5 Å². The third-order valence-corrected chi connectivity index (χ3v) is 5.39. The van der Waals surface area contributed by atoms with E-state index < -0.39 is 0 Å². The minimum atomic E-state index is -0.0553. The van der Waals surface area contributed by atoms with Crippen LogP contribution >= 0.6 is 0 Å². The van der Waals surface area contributed by atoms with E-state index >= 15 is 0 Å². The van der Waals surface area contributed by atoms with Gasteiger partial charge < -0.3 is 0 Å². The van der Waals surface area contributed by atoms with Crippen molar-refractivity contribution in [3.05, 3.63) is 76.1 Å². The highest BCUT2D eigenvalue weighted by Gasteiger charge is 2.22. The van der Waals surface area contributed by atoms with Crippen molar-refractivity contribution in [1.29, 1.82) is 0 Å². The second-order valence-corrected chi connectivity index (χ2v) is 7.28. The van der Waals surface area contributed by atoms with Crippen LogP contribution in [0, 0.1) is 5.82 Å². The SMILES string of the molecule is C/C=C/c1ccc(C2CCc3cc(CCCCC)ccc3C2)c(F)c1. The second kappa shape index (κ2) is 8.47. The molecule has 0 heterocycles. The van der Waals surface area contributed by atoms with E-state index in [0.29, 0.717) is 5.92 Å². The molecule has 0 aromatic heterocycles. The molecule has 25 heavy (non-hydrogen) atoms. The van der Waals surface area contributed by atoms with Crippen LogP contribution in [0.2, 0.25) is 0 Å². The first-order valence-electron chi connectivity index (χ1n) is 9.74. The number of hydrogen-bond donors (Lipinski definition) is 0. The summed E-state index contributed by atoms with van der Waals surface area (Å²) in [5, 5.41) is 0. The van der Waals surface area contributed by atoms with Gasteiger partial charge in [0.15, 0.2) is 0 Å². The molecule has 0 saturated heterocycles. The van der Waals surface area contributed by atoms with Crippen LogP contribution in [0.3, 0.4) is 0 Å². The maximum absolute atomic E-state index is 14.5. The van der Waals surface area contributed by atoms with Crippen LogP contribution in [0.1, 0.15) is 73.3 Å². The normalized spacial score (nSPS) is 17.0. The number of fused-ring (bicyclic) bond motifs is 1. The lowest BCUT2D eigenvalue weighted by atomic mass is 9.79. The van der Waals surface area contributed by atoms with Gasteiger partial charge in [-0.15, -0.1) is 0 Å². The van der Waals surface area contributed by atoms with E-state index in [4.69, 9.17) is 0 Å². The quantitative estimate of drug-likeness (QED) is 0.505. The summed E-state index contributed by atoms with van der Waals surface area (Å²) in [4.78, 5) is 0. The van der Waals surface area contributed by atoms with Crippen LogP contribution in [-0.2, 0) is 19.3 Å². The van der Waals surface area contributed by atoms with Gasteiger partial charge in [-0.2, -0.15) is 0 Å². The maximum atomic E-state index is 14.5. The molecule has 2 aromatic rings. The Morgan fingerprint density at radius 1 is 1.08 bits per heavy atom. The predicted octanol–water partition coefficient (Wildman–Crippen LogP) is 6.86. The number of hydrogen-bond acceptors (Lipinski definition) is 0. The molecular formula is C24H29F. The van der Waals surface area contributed by atoms with Crippen molar-refractivity contribution in [2.24, 2.45) is 0 Å². The Morgan fingerprint density at radius 3 is 2.72 bits per heavy atom. The zero-order valence-corrected chi connectivity index (χ0v) is 15.5. The third-order valence-electron chi connectivity index (χ3n) is 5.39. The van der Waals surface area contributed by atoms with Crippen LogP contribution in [-0.4, -0.2) is 0 Å². The Morgan fingerprint density at radius 2 is 1.96 bits per heavy atom. The Labute approximate surface area is 151 Å². The first-order chi connectivity index (χ1) is 12.2. The molecule has 0 spiro atoms. The van der Waals surface area contributed by atoms with Crippen LogP contribution in [0.25, 0.3) is 6.08 Å². The summed E-state index contributed by atoms with van der Waals surface area (Å²) in [6.07, 6.45) is 12.0. The molecule has 1 aliphatic rings. The molecule has 1 heteroatoms. The van der Waals surface area contributed by atoms with Gasteiger partial charge in [-0.3, -0.25) is 0 Å². The lowest BCUT2D eigenvalue weighted by molar-refractivity contribution is 0.533. The van der Waals surface area contributed by atoms with Crippen molar-refractivity contribution in [1.82, 2.24) is 0 Å². The summed E-state index contributed by atoms with van der Waals surface area (Å²) < 4.78 is 14.5. The summed E-state index contributed by atoms with van der Waals surface area (Å²) in [7, 11) is 0. The zero-order valence-electron chi connectivity index (χ0n) is 15.5. The fourth-order valence-corrected chi connectivity index (χ4v) is 3.98. The van der Waals surface area contributed by atoms with Gasteiger partial charge in [0.25, 0.3) is 0 Å². The number of aryl methyl sites for hydroxylation is 2. The number of benzene rings is 2. The summed E-state index contributed by atoms with van der Waals surface area (Å²) in [6, 6.07) is 12.6. The van der Waals surface area contributed by atoms with Gasteiger partial charge in [-0.1, -0.05) is 62.2 Å². The summed E-state index contributed by atoms with van der Waals surface area (Å²) in [5.74, 6) is 0.248. The molecular weight excluding hydrogens is 307 g/mol. The van der Waals surface area contributed by atoms with Crippen LogP contribution < -0.4 is 0 Å². The van der Waals surface area contributed by atoms with E-state index in [-0.39, 0.29) is 5.82 Å². The van der Waals surface area contributed by atoms with Crippen molar-refractivity contribution in [3.63, 3.8) is 0 Å². The van der Waals surface area contributed by atoms with Gasteiger partial charge in [-0.05, 0) is 78.8 Å². The van der Waals surface area contributed by atoms with Crippen LogP contribution in [0.4, 0.5) is 4.39 Å². The smallest absolute Gasteiger partial charge is 0.127 e. The zero-order chi connectivity index (χ0) is 17.6. The Balaban J connectivity index is 1.73. The molecule has 0 saturated carbocycles. The minimum Gasteiger partial charge on any atom is -0.207 e. The van der Waals surface area contributed by atoms with Gasteiger partial charge in [-0.25, -0.2) is 4.39 Å². The second-order valence-electron chi connectivity index (χ2n) is 7.28. The Kier molecular flexibility index (Phi) is 6.07. The predicted molar refractivity (Wildman–Crippen MR) is 106 cm³/mol. The van der Waals surface area contributed by atoms with Crippen molar-refractivity contribution in [2.45, 2.75) is 64.7 Å². The molecule has 132 valence electrons. The molecule has 1 atom stereocenters. The van der Waals surface area contributed by atoms with Crippen molar-refractivity contribution in [3.8, 4) is 0 Å². The molecule has 0 bridgehead atoms. The van der Waals surface area contributed by atoms with E-state index in [9.17, 15) is 4.39 Å². The fraction of sp³-hybridized carbons (Fsp3) is 0.417. The van der Waals surface area contributed by atoms with E-state index in [1.807, 2.05) is 31.2 Å². The van der Waals surface area contributed by atoms with Gasteiger partial charge in [0.05, 0.1) is 0 Å². The van der Waals surface area contributed by atoms with Gasteiger partial charge in [0.2, 0.25) is 0 Å². The Hall–Kier alpha value is -1.89. The summed E-state index contributed by atoms with van der Waals surface area (Å²) in [5.41, 5.74) is 6.18. The standard InChI is InChI=1S/C24H29F/c1-3-5-6-8-19-9-11-21-17-22(13-12-20(21)15-19)23-14-10-18(7-4-2)16-24(23)25/h4,7,9-11,14-16,22H,3,5-6,8,12-13,17H2,1-2H3/b7-4+.